The zero-order valence-electron chi connectivity index (χ0n) is 16.7. The smallest absolute Gasteiger partial charge is 0.353 e. The summed E-state index contributed by atoms with van der Waals surface area (Å²) in [5.74, 6) is 0.0779. The van der Waals surface area contributed by atoms with Crippen LogP contribution in [0, 0.1) is 11.8 Å². The van der Waals surface area contributed by atoms with E-state index in [4.69, 9.17) is 11.6 Å². The predicted molar refractivity (Wildman–Crippen MR) is 107 cm³/mol. The van der Waals surface area contributed by atoms with Gasteiger partial charge in [-0.3, -0.25) is 4.79 Å². The highest BCUT2D eigenvalue weighted by molar-refractivity contribution is 7.89. The third-order valence-electron chi connectivity index (χ3n) is 6.14. The van der Waals surface area contributed by atoms with E-state index in [2.05, 4.69) is 12.2 Å². The number of nitrogens with zero attached hydrogens (tertiary/aromatic N) is 1. The lowest BCUT2D eigenvalue weighted by atomic mass is 9.85. The fourth-order valence-electron chi connectivity index (χ4n) is 4.22. The van der Waals surface area contributed by atoms with Crippen LogP contribution in [0.15, 0.2) is 23.1 Å². The number of hydrogen-bond donors (Lipinski definition) is 1. The van der Waals surface area contributed by atoms with Crippen molar-refractivity contribution in [2.45, 2.75) is 62.6 Å². The molecule has 0 radical (unpaired) electrons. The lowest BCUT2D eigenvalue weighted by Gasteiger charge is -2.34. The molecule has 2 atom stereocenters. The molecule has 168 valence electrons. The molecular weight excluding hydrogens is 441 g/mol. The summed E-state index contributed by atoms with van der Waals surface area (Å²) in [6.07, 6.45) is 0.236. The van der Waals surface area contributed by atoms with Gasteiger partial charge in [0.05, 0.1) is 15.5 Å². The topological polar surface area (TPSA) is 66.5 Å². The predicted octanol–water partition coefficient (Wildman–Crippen LogP) is 4.45. The molecule has 0 bridgehead atoms. The van der Waals surface area contributed by atoms with Gasteiger partial charge in [0.15, 0.2) is 0 Å². The van der Waals surface area contributed by atoms with Crippen molar-refractivity contribution in [3.63, 3.8) is 0 Å². The molecule has 5 nitrogen and oxygen atoms in total. The van der Waals surface area contributed by atoms with Crippen molar-refractivity contribution in [3.8, 4) is 0 Å². The highest BCUT2D eigenvalue weighted by Crippen LogP contribution is 2.37. The zero-order chi connectivity index (χ0) is 22.1. The van der Waals surface area contributed by atoms with Crippen LogP contribution >= 0.6 is 11.6 Å². The maximum Gasteiger partial charge on any atom is 0.417 e. The molecule has 1 N–H and O–H groups in total. The molecule has 2 fully saturated rings. The van der Waals surface area contributed by atoms with E-state index in [1.54, 1.807) is 0 Å². The SMILES string of the molecule is C[C@@H]1CCCC[C@@H]1NC(=O)C1CCN(S(=O)(=O)c2ccc(Cl)c(C(F)(F)F)c2)CC1. The van der Waals surface area contributed by atoms with Crippen LogP contribution in [-0.4, -0.2) is 37.8 Å². The van der Waals surface area contributed by atoms with E-state index >= 15 is 0 Å². The number of rotatable bonds is 4. The summed E-state index contributed by atoms with van der Waals surface area (Å²) in [5.41, 5.74) is -1.18. The van der Waals surface area contributed by atoms with Crippen LogP contribution in [0.1, 0.15) is 51.0 Å². The van der Waals surface area contributed by atoms with Crippen molar-refractivity contribution in [1.82, 2.24) is 9.62 Å². The summed E-state index contributed by atoms with van der Waals surface area (Å²) in [5, 5.41) is 2.56. The number of halogens is 4. The molecule has 0 spiro atoms. The first-order valence-corrected chi connectivity index (χ1v) is 12.0. The molecule has 1 saturated carbocycles. The summed E-state index contributed by atoms with van der Waals surface area (Å²) in [4.78, 5) is 12.2. The van der Waals surface area contributed by atoms with Crippen LogP contribution in [-0.2, 0) is 21.0 Å². The number of piperidine rings is 1. The van der Waals surface area contributed by atoms with Crippen LogP contribution in [0.5, 0.6) is 0 Å². The minimum atomic E-state index is -4.75. The standard InChI is InChI=1S/C20H26ClF3N2O3S/c1-13-4-2-3-5-18(13)25-19(27)14-8-10-26(11-9-14)30(28,29)15-6-7-17(21)16(12-15)20(22,23)24/h6-7,12-14,18H,2-5,8-11H2,1H3,(H,25,27)/t13-,18+/m1/s1. The van der Waals surface area contributed by atoms with Gasteiger partial charge in [-0.05, 0) is 49.8 Å². The first kappa shape index (κ1) is 23.3. The lowest BCUT2D eigenvalue weighted by molar-refractivity contribution is -0.137. The number of benzene rings is 1. The van der Waals surface area contributed by atoms with Crippen LogP contribution in [0.3, 0.4) is 0 Å². The number of carbonyl (C=O) groups excluding carboxylic acids is 1. The van der Waals surface area contributed by atoms with Crippen LogP contribution in [0.4, 0.5) is 13.2 Å². The molecule has 0 unspecified atom stereocenters. The fraction of sp³-hybridized carbons (Fsp3) is 0.650. The zero-order valence-corrected chi connectivity index (χ0v) is 18.3. The second-order valence-corrected chi connectivity index (χ2v) is 10.5. The summed E-state index contributed by atoms with van der Waals surface area (Å²) < 4.78 is 66.0. The molecule has 1 aliphatic carbocycles. The van der Waals surface area contributed by atoms with Gasteiger partial charge in [-0.15, -0.1) is 0 Å². The van der Waals surface area contributed by atoms with Gasteiger partial charge in [0, 0.05) is 25.0 Å². The second-order valence-electron chi connectivity index (χ2n) is 8.19. The Labute approximate surface area is 180 Å². The van der Waals surface area contributed by atoms with E-state index in [1.165, 1.54) is 6.42 Å². The van der Waals surface area contributed by atoms with Gasteiger partial charge >= 0.3 is 6.18 Å². The van der Waals surface area contributed by atoms with Crippen molar-refractivity contribution in [2.75, 3.05) is 13.1 Å². The molecule has 1 saturated heterocycles. The summed E-state index contributed by atoms with van der Waals surface area (Å²) >= 11 is 5.59. The van der Waals surface area contributed by atoms with E-state index in [9.17, 15) is 26.4 Å². The number of alkyl halides is 3. The number of hydrogen-bond acceptors (Lipinski definition) is 3. The third-order valence-corrected chi connectivity index (χ3v) is 8.37. The third kappa shape index (κ3) is 5.11. The first-order chi connectivity index (χ1) is 14.0. The van der Waals surface area contributed by atoms with Gasteiger partial charge in [0.25, 0.3) is 0 Å². The van der Waals surface area contributed by atoms with Crippen molar-refractivity contribution < 1.29 is 26.4 Å². The van der Waals surface area contributed by atoms with Crippen molar-refractivity contribution in [3.05, 3.63) is 28.8 Å². The highest BCUT2D eigenvalue weighted by Gasteiger charge is 2.37. The number of amides is 1. The molecular formula is C20H26ClF3N2O3S. The average Bonchev–Trinajstić information content (AvgIpc) is 2.69. The Morgan fingerprint density at radius 1 is 1.13 bits per heavy atom. The van der Waals surface area contributed by atoms with Crippen molar-refractivity contribution >= 4 is 27.5 Å². The van der Waals surface area contributed by atoms with Crippen molar-refractivity contribution in [1.29, 1.82) is 0 Å². The fourth-order valence-corrected chi connectivity index (χ4v) is 5.94. The second kappa shape index (κ2) is 9.04. The van der Waals surface area contributed by atoms with Gasteiger partial charge in [-0.1, -0.05) is 31.4 Å². The number of nitrogens with one attached hydrogen (secondary N) is 1. The molecule has 1 heterocycles. The monoisotopic (exact) mass is 466 g/mol. The Morgan fingerprint density at radius 2 is 1.77 bits per heavy atom. The van der Waals surface area contributed by atoms with Crippen LogP contribution < -0.4 is 5.32 Å². The Kier molecular flexibility index (Phi) is 7.04. The minimum absolute atomic E-state index is 0.0587. The number of carbonyl (C=O) groups is 1. The maximum atomic E-state index is 13.1. The molecule has 0 aromatic heterocycles. The summed E-state index contributed by atoms with van der Waals surface area (Å²) in [6.45, 7) is 2.30. The van der Waals surface area contributed by atoms with Gasteiger partial charge in [0.1, 0.15) is 0 Å². The minimum Gasteiger partial charge on any atom is -0.353 e. The molecule has 10 heteroatoms. The summed E-state index contributed by atoms with van der Waals surface area (Å²) in [7, 11) is -4.10. The molecule has 3 rings (SSSR count). The van der Waals surface area contributed by atoms with Crippen LogP contribution in [0.25, 0.3) is 0 Å². The first-order valence-electron chi connectivity index (χ1n) is 10.2. The highest BCUT2D eigenvalue weighted by atomic mass is 35.5. The van der Waals surface area contributed by atoms with E-state index in [0.717, 1.165) is 35.7 Å². The van der Waals surface area contributed by atoms with E-state index < -0.39 is 31.7 Å². The maximum absolute atomic E-state index is 13.1. The molecule has 1 aliphatic heterocycles. The van der Waals surface area contributed by atoms with Gasteiger partial charge in [-0.25, -0.2) is 8.42 Å². The lowest BCUT2D eigenvalue weighted by Crippen LogP contribution is -2.47. The Morgan fingerprint density at radius 3 is 2.37 bits per heavy atom. The summed E-state index contributed by atoms with van der Waals surface area (Å²) in [6, 6.07) is 2.75. The van der Waals surface area contributed by atoms with E-state index in [0.29, 0.717) is 24.8 Å². The van der Waals surface area contributed by atoms with Crippen LogP contribution in [0.2, 0.25) is 5.02 Å². The molecule has 1 aromatic rings. The van der Waals surface area contributed by atoms with Gasteiger partial charge < -0.3 is 5.32 Å². The molecule has 30 heavy (non-hydrogen) atoms. The molecule has 2 aliphatic rings. The Hall–Kier alpha value is -1.32. The largest absolute Gasteiger partial charge is 0.417 e. The van der Waals surface area contributed by atoms with E-state index in [-0.39, 0.29) is 31.0 Å². The molecule has 1 aromatic carbocycles. The normalized spacial score (nSPS) is 24.6. The van der Waals surface area contributed by atoms with E-state index in [1.807, 2.05) is 0 Å². The average molecular weight is 467 g/mol. The van der Waals surface area contributed by atoms with Gasteiger partial charge in [-0.2, -0.15) is 17.5 Å². The molecule has 1 amide bonds. The Bertz CT molecular complexity index is 884. The van der Waals surface area contributed by atoms with Gasteiger partial charge in [0.2, 0.25) is 15.9 Å². The van der Waals surface area contributed by atoms with Crippen molar-refractivity contribution in [2.24, 2.45) is 11.8 Å². The quantitative estimate of drug-likeness (QED) is 0.712. The number of sulfonamides is 1. The Balaban J connectivity index is 1.65.